The number of carbonyl (C=O) groups excluding carboxylic acids is 1. The van der Waals surface area contributed by atoms with Gasteiger partial charge in [-0.25, -0.2) is 13.4 Å². The van der Waals surface area contributed by atoms with E-state index in [-0.39, 0.29) is 21.4 Å². The zero-order valence-electron chi connectivity index (χ0n) is 17.2. The van der Waals surface area contributed by atoms with Crippen LogP contribution in [0.25, 0.3) is 0 Å². The largest absolute Gasteiger partial charge is 0.497 e. The van der Waals surface area contributed by atoms with Gasteiger partial charge >= 0.3 is 0 Å². The number of methoxy groups -OCH3 is 1. The maximum absolute atomic E-state index is 13.0. The number of rotatable bonds is 6. The van der Waals surface area contributed by atoms with Crippen molar-refractivity contribution in [2.24, 2.45) is 0 Å². The van der Waals surface area contributed by atoms with Crippen LogP contribution in [0, 0.1) is 0 Å². The van der Waals surface area contributed by atoms with Crippen LogP contribution in [0.2, 0.25) is 5.02 Å². The number of thiazole rings is 1. The second kappa shape index (κ2) is 9.35. The molecule has 0 aliphatic carbocycles. The quantitative estimate of drug-likeness (QED) is 0.565. The number of anilines is 2. The number of benzene rings is 2. The highest BCUT2D eigenvalue weighted by molar-refractivity contribution is 7.92. The zero-order chi connectivity index (χ0) is 22.7. The average Bonchev–Trinajstić information content (AvgIpc) is 3.34. The van der Waals surface area contributed by atoms with E-state index in [1.54, 1.807) is 52.8 Å². The van der Waals surface area contributed by atoms with Gasteiger partial charge in [0.2, 0.25) is 0 Å². The summed E-state index contributed by atoms with van der Waals surface area (Å²) >= 11 is 7.75. The lowest BCUT2D eigenvalue weighted by Crippen LogP contribution is -2.48. The molecule has 0 atom stereocenters. The third kappa shape index (κ3) is 4.82. The predicted molar refractivity (Wildman–Crippen MR) is 125 cm³/mol. The minimum absolute atomic E-state index is 0.0381. The van der Waals surface area contributed by atoms with Gasteiger partial charge in [-0.2, -0.15) is 0 Å². The Labute approximate surface area is 195 Å². The number of hydrogen-bond donors (Lipinski definition) is 1. The first-order chi connectivity index (χ1) is 15.4. The molecule has 32 heavy (non-hydrogen) atoms. The Morgan fingerprint density at radius 1 is 1.12 bits per heavy atom. The van der Waals surface area contributed by atoms with Crippen molar-refractivity contribution >= 4 is 49.7 Å². The lowest BCUT2D eigenvalue weighted by Gasteiger charge is -2.34. The number of carbonyl (C=O) groups is 1. The molecule has 2 aromatic carbocycles. The fraction of sp³-hybridized carbons (Fsp3) is 0.238. The highest BCUT2D eigenvalue weighted by atomic mass is 35.5. The Kier molecular flexibility index (Phi) is 6.54. The molecular weight excluding hydrogens is 472 g/mol. The Morgan fingerprint density at radius 2 is 1.84 bits per heavy atom. The molecule has 1 saturated heterocycles. The van der Waals surface area contributed by atoms with Gasteiger partial charge in [-0.15, -0.1) is 11.3 Å². The van der Waals surface area contributed by atoms with E-state index >= 15 is 0 Å². The first-order valence-electron chi connectivity index (χ1n) is 9.77. The van der Waals surface area contributed by atoms with Crippen molar-refractivity contribution in [3.63, 3.8) is 0 Å². The molecule has 1 aliphatic rings. The molecule has 4 rings (SSSR count). The van der Waals surface area contributed by atoms with Gasteiger partial charge in [-0.1, -0.05) is 11.6 Å². The van der Waals surface area contributed by atoms with Crippen LogP contribution in [-0.4, -0.2) is 57.5 Å². The number of amides is 1. The number of nitrogens with one attached hydrogen (secondary N) is 1. The first-order valence-corrected chi connectivity index (χ1v) is 12.5. The Balaban J connectivity index is 1.49. The van der Waals surface area contributed by atoms with Crippen molar-refractivity contribution in [3.8, 4) is 5.75 Å². The van der Waals surface area contributed by atoms with E-state index in [1.165, 1.54) is 19.2 Å². The lowest BCUT2D eigenvalue weighted by atomic mass is 10.2. The molecule has 0 unspecified atom stereocenters. The third-order valence-electron chi connectivity index (χ3n) is 5.07. The summed E-state index contributed by atoms with van der Waals surface area (Å²) in [4.78, 5) is 21.0. The summed E-state index contributed by atoms with van der Waals surface area (Å²) in [5, 5.41) is 2.89. The van der Waals surface area contributed by atoms with Crippen molar-refractivity contribution in [1.82, 2.24) is 9.88 Å². The number of sulfonamides is 1. The highest BCUT2D eigenvalue weighted by Crippen LogP contribution is 2.27. The molecular formula is C21H21ClN4O4S2. The Morgan fingerprint density at radius 3 is 2.47 bits per heavy atom. The van der Waals surface area contributed by atoms with E-state index in [1.807, 2.05) is 5.38 Å². The van der Waals surface area contributed by atoms with Gasteiger partial charge in [-0.3, -0.25) is 9.52 Å². The smallest absolute Gasteiger partial charge is 0.263 e. The van der Waals surface area contributed by atoms with Gasteiger partial charge in [0.1, 0.15) is 10.6 Å². The average molecular weight is 493 g/mol. The number of halogens is 1. The second-order valence-corrected chi connectivity index (χ2v) is 10.0. The van der Waals surface area contributed by atoms with Gasteiger partial charge in [0.25, 0.3) is 15.9 Å². The molecule has 1 aromatic heterocycles. The zero-order valence-corrected chi connectivity index (χ0v) is 19.6. The molecule has 168 valence electrons. The van der Waals surface area contributed by atoms with Crippen molar-refractivity contribution < 1.29 is 17.9 Å². The van der Waals surface area contributed by atoms with Crippen LogP contribution in [0.4, 0.5) is 10.8 Å². The molecule has 0 radical (unpaired) electrons. The molecule has 1 N–H and O–H groups in total. The van der Waals surface area contributed by atoms with Crippen molar-refractivity contribution in [2.75, 3.05) is 42.9 Å². The van der Waals surface area contributed by atoms with E-state index in [2.05, 4.69) is 14.6 Å². The molecule has 1 amide bonds. The van der Waals surface area contributed by atoms with Crippen molar-refractivity contribution in [2.45, 2.75) is 4.90 Å². The summed E-state index contributed by atoms with van der Waals surface area (Å²) in [6.07, 6.45) is 1.76. The first kappa shape index (κ1) is 22.4. The molecule has 1 fully saturated rings. The van der Waals surface area contributed by atoms with Crippen LogP contribution < -0.4 is 14.4 Å². The summed E-state index contributed by atoms with van der Waals surface area (Å²) in [5.74, 6) is 0.370. The van der Waals surface area contributed by atoms with Crippen molar-refractivity contribution in [3.05, 3.63) is 64.6 Å². The highest BCUT2D eigenvalue weighted by Gasteiger charge is 2.26. The number of hydrogen-bond acceptors (Lipinski definition) is 7. The summed E-state index contributed by atoms with van der Waals surface area (Å²) in [7, 11) is -2.47. The van der Waals surface area contributed by atoms with E-state index in [9.17, 15) is 13.2 Å². The van der Waals surface area contributed by atoms with E-state index in [0.717, 1.165) is 5.13 Å². The minimum Gasteiger partial charge on any atom is -0.497 e. The van der Waals surface area contributed by atoms with Gasteiger partial charge in [0, 0.05) is 49.0 Å². The van der Waals surface area contributed by atoms with Crippen LogP contribution in [0.1, 0.15) is 10.4 Å². The number of nitrogens with zero attached hydrogens (tertiary/aromatic N) is 3. The molecule has 0 spiro atoms. The summed E-state index contributed by atoms with van der Waals surface area (Å²) in [5.41, 5.74) is 0.629. The third-order valence-corrected chi connectivity index (χ3v) is 7.76. The molecule has 2 heterocycles. The molecule has 11 heteroatoms. The van der Waals surface area contributed by atoms with Crippen molar-refractivity contribution in [1.29, 1.82) is 0 Å². The maximum atomic E-state index is 13.0. The van der Waals surface area contributed by atoms with Crippen LogP contribution in [0.5, 0.6) is 5.75 Å². The van der Waals surface area contributed by atoms with Gasteiger partial charge in [0.15, 0.2) is 5.13 Å². The SMILES string of the molecule is COc1ccc(NS(=O)(=O)c2cc(C(=O)N3CCN(c4nccs4)CC3)ccc2Cl)cc1. The predicted octanol–water partition coefficient (Wildman–Crippen LogP) is 3.57. The lowest BCUT2D eigenvalue weighted by molar-refractivity contribution is 0.0746. The number of piperazine rings is 1. The summed E-state index contributed by atoms with van der Waals surface area (Å²) < 4.78 is 33.4. The molecule has 0 saturated carbocycles. The topological polar surface area (TPSA) is 91.8 Å². The second-order valence-electron chi connectivity index (χ2n) is 7.07. The fourth-order valence-corrected chi connectivity index (χ4v) is 5.65. The Hall–Kier alpha value is -2.82. The normalized spacial score (nSPS) is 14.3. The summed E-state index contributed by atoms with van der Waals surface area (Å²) in [6.45, 7) is 2.37. The van der Waals surface area contributed by atoms with Gasteiger partial charge in [-0.05, 0) is 42.5 Å². The van der Waals surface area contributed by atoms with Crippen LogP contribution in [-0.2, 0) is 10.0 Å². The molecule has 3 aromatic rings. The number of aromatic nitrogens is 1. The fourth-order valence-electron chi connectivity index (χ4n) is 3.37. The van der Waals surface area contributed by atoms with Crippen LogP contribution in [0.15, 0.2) is 58.9 Å². The minimum atomic E-state index is -4.00. The molecule has 0 bridgehead atoms. The van der Waals surface area contributed by atoms with Crippen LogP contribution >= 0.6 is 22.9 Å². The molecule has 1 aliphatic heterocycles. The van der Waals surface area contributed by atoms with E-state index in [0.29, 0.717) is 37.6 Å². The molecule has 8 nitrogen and oxygen atoms in total. The van der Waals surface area contributed by atoms with E-state index < -0.39 is 10.0 Å². The van der Waals surface area contributed by atoms with Gasteiger partial charge in [0.05, 0.1) is 12.1 Å². The Bertz CT molecular complexity index is 1190. The van der Waals surface area contributed by atoms with E-state index in [4.69, 9.17) is 16.3 Å². The summed E-state index contributed by atoms with van der Waals surface area (Å²) in [6, 6.07) is 10.8. The van der Waals surface area contributed by atoms with Gasteiger partial charge < -0.3 is 14.5 Å². The van der Waals surface area contributed by atoms with Crippen LogP contribution in [0.3, 0.4) is 0 Å². The maximum Gasteiger partial charge on any atom is 0.263 e. The monoisotopic (exact) mass is 492 g/mol. The standard InChI is InChI=1S/C21H21ClN4O4S2/c1-30-17-5-3-16(4-6-17)24-32(28,29)19-14-15(2-7-18(19)22)20(27)25-9-11-26(12-10-25)21-23-8-13-31-21/h2-8,13-14,24H,9-12H2,1H3. The number of ether oxygens (including phenoxy) is 1.